The Morgan fingerprint density at radius 2 is 1.74 bits per heavy atom. The van der Waals surface area contributed by atoms with Gasteiger partial charge in [0, 0.05) is 24.2 Å². The first-order valence-corrected chi connectivity index (χ1v) is 10.3. The first-order chi connectivity index (χ1) is 14.8. The third-order valence-corrected chi connectivity index (χ3v) is 4.76. The Hall–Kier alpha value is -3.32. The van der Waals surface area contributed by atoms with E-state index in [1.54, 1.807) is 43.4 Å². The van der Waals surface area contributed by atoms with E-state index in [4.69, 9.17) is 16.3 Å². The quantitative estimate of drug-likeness (QED) is 0.547. The van der Waals surface area contributed by atoms with Crippen LogP contribution in [0.3, 0.4) is 0 Å². The van der Waals surface area contributed by atoms with Crippen molar-refractivity contribution in [1.29, 1.82) is 0 Å². The molecular weight excluding hydrogens is 416 g/mol. The number of nitrogens with one attached hydrogen (secondary N) is 2. The summed E-state index contributed by atoms with van der Waals surface area (Å²) in [5, 5.41) is 10.4. The van der Waals surface area contributed by atoms with Crippen LogP contribution in [0.2, 0.25) is 5.02 Å². The number of carbonyl (C=O) groups is 2. The first kappa shape index (κ1) is 22.4. The van der Waals surface area contributed by atoms with Crippen LogP contribution < -0.4 is 15.4 Å². The number of carbonyl (C=O) groups excluding carboxylic acids is 2. The summed E-state index contributed by atoms with van der Waals surface area (Å²) in [6.45, 7) is 4.93. The normalized spacial score (nSPS) is 10.7. The van der Waals surface area contributed by atoms with Gasteiger partial charge in [-0.3, -0.25) is 14.3 Å². The van der Waals surface area contributed by atoms with Gasteiger partial charge in [-0.25, -0.2) is 0 Å². The fourth-order valence-electron chi connectivity index (χ4n) is 2.82. The van der Waals surface area contributed by atoms with Gasteiger partial charge in [-0.1, -0.05) is 37.6 Å². The number of benzene rings is 2. The number of aromatic nitrogens is 2. The molecule has 3 aromatic rings. The molecule has 0 saturated carbocycles. The zero-order chi connectivity index (χ0) is 22.4. The van der Waals surface area contributed by atoms with Gasteiger partial charge in [0.2, 0.25) is 0 Å². The highest BCUT2D eigenvalue weighted by Crippen LogP contribution is 2.18. The number of hydrogen-bond donors (Lipinski definition) is 2. The molecule has 0 aliphatic heterocycles. The fraction of sp³-hybridized carbons (Fsp3) is 0.261. The van der Waals surface area contributed by atoms with Crippen LogP contribution in [0.4, 0.5) is 5.69 Å². The van der Waals surface area contributed by atoms with Crippen LogP contribution in [-0.4, -0.2) is 28.1 Å². The Labute approximate surface area is 186 Å². The lowest BCUT2D eigenvalue weighted by atomic mass is 10.1. The smallest absolute Gasteiger partial charge is 0.271 e. The van der Waals surface area contributed by atoms with Gasteiger partial charge >= 0.3 is 0 Å². The van der Waals surface area contributed by atoms with E-state index in [1.807, 2.05) is 26.0 Å². The summed E-state index contributed by atoms with van der Waals surface area (Å²) in [5.74, 6) is 0.429. The molecule has 8 heteroatoms. The molecule has 2 N–H and O–H groups in total. The minimum Gasteiger partial charge on any atom is -0.489 e. The second-order valence-corrected chi connectivity index (χ2v) is 7.96. The van der Waals surface area contributed by atoms with E-state index < -0.39 is 0 Å². The minimum atomic E-state index is -0.323. The summed E-state index contributed by atoms with van der Waals surface area (Å²) in [6, 6.07) is 14.2. The summed E-state index contributed by atoms with van der Waals surface area (Å²) in [5.41, 5.74) is 2.06. The molecule has 0 aliphatic carbocycles. The molecule has 0 spiro atoms. The number of anilines is 1. The van der Waals surface area contributed by atoms with Gasteiger partial charge in [0.15, 0.2) is 0 Å². The van der Waals surface area contributed by atoms with E-state index in [0.717, 1.165) is 5.56 Å². The number of rotatable bonds is 8. The molecule has 3 rings (SSSR count). The number of halogens is 1. The van der Waals surface area contributed by atoms with Crippen molar-refractivity contribution >= 4 is 29.1 Å². The van der Waals surface area contributed by atoms with Crippen LogP contribution in [-0.2, 0) is 13.7 Å². The SMILES string of the molecule is CC(C)CNC(=O)c1c(NC(=O)c2ccc(COc3ccc(Cl)cc3)cc2)cnn1C. The zero-order valence-corrected chi connectivity index (χ0v) is 18.4. The fourth-order valence-corrected chi connectivity index (χ4v) is 2.95. The van der Waals surface area contributed by atoms with E-state index in [1.165, 1.54) is 10.9 Å². The second kappa shape index (κ2) is 10.1. The Morgan fingerprint density at radius 1 is 1.06 bits per heavy atom. The molecule has 162 valence electrons. The number of nitrogens with zero attached hydrogens (tertiary/aromatic N) is 2. The maximum atomic E-state index is 12.7. The predicted molar refractivity (Wildman–Crippen MR) is 121 cm³/mol. The van der Waals surface area contributed by atoms with Crippen molar-refractivity contribution < 1.29 is 14.3 Å². The monoisotopic (exact) mass is 440 g/mol. The molecule has 7 nitrogen and oxygen atoms in total. The molecule has 0 saturated heterocycles. The maximum absolute atomic E-state index is 12.7. The highest BCUT2D eigenvalue weighted by Gasteiger charge is 2.19. The van der Waals surface area contributed by atoms with E-state index in [2.05, 4.69) is 15.7 Å². The maximum Gasteiger partial charge on any atom is 0.271 e. The first-order valence-electron chi connectivity index (χ1n) is 9.92. The Bertz CT molecular complexity index is 1040. The van der Waals surface area contributed by atoms with Crippen LogP contribution >= 0.6 is 11.6 Å². The third kappa shape index (κ3) is 6.08. The molecule has 0 atom stereocenters. The van der Waals surface area contributed by atoms with Crippen LogP contribution in [0.25, 0.3) is 0 Å². The average Bonchev–Trinajstić information content (AvgIpc) is 3.12. The predicted octanol–water partition coefficient (Wildman–Crippen LogP) is 4.29. The summed E-state index contributed by atoms with van der Waals surface area (Å²) >= 11 is 5.87. The Morgan fingerprint density at radius 3 is 2.39 bits per heavy atom. The van der Waals surface area contributed by atoms with Crippen LogP contribution in [0.15, 0.2) is 54.7 Å². The molecule has 1 heterocycles. The van der Waals surface area contributed by atoms with Crippen molar-refractivity contribution in [2.45, 2.75) is 20.5 Å². The second-order valence-electron chi connectivity index (χ2n) is 7.53. The number of amides is 2. The van der Waals surface area contributed by atoms with Gasteiger partial charge in [-0.05, 0) is 47.9 Å². The molecule has 2 aromatic carbocycles. The molecule has 2 amide bonds. The summed E-state index contributed by atoms with van der Waals surface area (Å²) < 4.78 is 7.16. The van der Waals surface area contributed by atoms with Crippen LogP contribution in [0, 0.1) is 5.92 Å². The molecule has 0 bridgehead atoms. The van der Waals surface area contributed by atoms with Gasteiger partial charge in [0.05, 0.1) is 11.9 Å². The summed E-state index contributed by atoms with van der Waals surface area (Å²) in [4.78, 5) is 25.1. The molecule has 31 heavy (non-hydrogen) atoms. The highest BCUT2D eigenvalue weighted by molar-refractivity contribution is 6.30. The van der Waals surface area contributed by atoms with E-state index in [9.17, 15) is 9.59 Å². The highest BCUT2D eigenvalue weighted by atomic mass is 35.5. The summed E-state index contributed by atoms with van der Waals surface area (Å²) in [7, 11) is 1.66. The van der Waals surface area contributed by atoms with Gasteiger partial charge in [-0.15, -0.1) is 0 Å². The van der Waals surface area contributed by atoms with Gasteiger partial charge in [0.1, 0.15) is 18.1 Å². The molecule has 1 aromatic heterocycles. The van der Waals surface area contributed by atoms with Crippen molar-refractivity contribution in [3.63, 3.8) is 0 Å². The lowest BCUT2D eigenvalue weighted by molar-refractivity contribution is 0.0940. The molecule has 0 fully saturated rings. The van der Waals surface area contributed by atoms with Crippen molar-refractivity contribution in [2.75, 3.05) is 11.9 Å². The minimum absolute atomic E-state index is 0.279. The zero-order valence-electron chi connectivity index (χ0n) is 17.7. The van der Waals surface area contributed by atoms with Crippen LogP contribution in [0.5, 0.6) is 5.75 Å². The summed E-state index contributed by atoms with van der Waals surface area (Å²) in [6.07, 6.45) is 1.47. The van der Waals surface area contributed by atoms with E-state index in [-0.39, 0.29) is 11.8 Å². The standard InChI is InChI=1S/C23H25ClN4O3/c1-15(2)12-25-23(30)21-20(13-26-28(21)3)27-22(29)17-6-4-16(5-7-17)14-31-19-10-8-18(24)9-11-19/h4-11,13,15H,12,14H2,1-3H3,(H,25,30)(H,27,29). The topological polar surface area (TPSA) is 85.2 Å². The van der Waals surface area contributed by atoms with Crippen LogP contribution in [0.1, 0.15) is 40.3 Å². The Kier molecular flexibility index (Phi) is 7.31. The number of ether oxygens (including phenoxy) is 1. The van der Waals surface area contributed by atoms with Gasteiger partial charge in [0.25, 0.3) is 11.8 Å². The van der Waals surface area contributed by atoms with Gasteiger partial charge in [-0.2, -0.15) is 5.10 Å². The molecule has 0 radical (unpaired) electrons. The molecule has 0 unspecified atom stereocenters. The number of aryl methyl sites for hydroxylation is 1. The third-order valence-electron chi connectivity index (χ3n) is 4.51. The van der Waals surface area contributed by atoms with Crippen molar-refractivity contribution in [1.82, 2.24) is 15.1 Å². The largest absolute Gasteiger partial charge is 0.489 e. The van der Waals surface area contributed by atoms with Gasteiger partial charge < -0.3 is 15.4 Å². The Balaban J connectivity index is 1.62. The van der Waals surface area contributed by atoms with Crippen molar-refractivity contribution in [3.8, 4) is 5.75 Å². The lowest BCUT2D eigenvalue weighted by Crippen LogP contribution is -2.30. The average molecular weight is 441 g/mol. The van der Waals surface area contributed by atoms with E-state index >= 15 is 0 Å². The molecule has 0 aliphatic rings. The lowest BCUT2D eigenvalue weighted by Gasteiger charge is -2.11. The van der Waals surface area contributed by atoms with Crippen molar-refractivity contribution in [3.05, 3.63) is 76.6 Å². The van der Waals surface area contributed by atoms with Crippen molar-refractivity contribution in [2.24, 2.45) is 13.0 Å². The molecular formula is C23H25ClN4O3. The number of hydrogen-bond acceptors (Lipinski definition) is 4. The van der Waals surface area contributed by atoms with E-state index in [0.29, 0.717) is 46.8 Å².